The number of benzene rings is 1. The van der Waals surface area contributed by atoms with E-state index in [4.69, 9.17) is 4.74 Å². The lowest BCUT2D eigenvalue weighted by Gasteiger charge is -2.43. The first-order valence-corrected chi connectivity index (χ1v) is 11.0. The third-order valence-corrected chi connectivity index (χ3v) is 6.55. The molecule has 0 atom stereocenters. The summed E-state index contributed by atoms with van der Waals surface area (Å²) in [5, 5.41) is 2.11. The van der Waals surface area contributed by atoms with Gasteiger partial charge in [0.25, 0.3) is 0 Å². The number of nitrogens with zero attached hydrogens (tertiary/aromatic N) is 4. The lowest BCUT2D eigenvalue weighted by Crippen LogP contribution is -2.53. The Balaban J connectivity index is 1.26. The van der Waals surface area contributed by atoms with E-state index in [0.29, 0.717) is 0 Å². The van der Waals surface area contributed by atoms with Crippen LogP contribution in [-0.2, 0) is 4.74 Å². The molecule has 5 nitrogen and oxygen atoms in total. The molecular weight excluding hydrogens is 356 g/mol. The maximum atomic E-state index is 5.21. The van der Waals surface area contributed by atoms with Gasteiger partial charge in [-0.2, -0.15) is 0 Å². The molecule has 27 heavy (non-hydrogen) atoms. The molecule has 0 bridgehead atoms. The minimum Gasteiger partial charge on any atom is -0.383 e. The standard InChI is InChI=1S/C21H30N4OS/c1-26-15-14-23-10-12-25(13-11-23)20-6-8-24(9-7-20)19-4-2-18(3-5-19)21-16-27-17-22-21/h2-5,16-17,20H,6-15H2,1H3. The van der Waals surface area contributed by atoms with E-state index >= 15 is 0 Å². The Bertz CT molecular complexity index is 675. The van der Waals surface area contributed by atoms with E-state index in [2.05, 4.69) is 49.3 Å². The second kappa shape index (κ2) is 9.15. The van der Waals surface area contributed by atoms with Crippen molar-refractivity contribution in [3.05, 3.63) is 35.2 Å². The molecule has 2 aliphatic rings. The van der Waals surface area contributed by atoms with Crippen LogP contribution in [0.2, 0.25) is 0 Å². The van der Waals surface area contributed by atoms with E-state index < -0.39 is 0 Å². The van der Waals surface area contributed by atoms with Crippen LogP contribution in [0.5, 0.6) is 0 Å². The van der Waals surface area contributed by atoms with Gasteiger partial charge in [0.2, 0.25) is 0 Å². The summed E-state index contributed by atoms with van der Waals surface area (Å²) in [4.78, 5) is 12.2. The highest BCUT2D eigenvalue weighted by molar-refractivity contribution is 7.07. The van der Waals surface area contributed by atoms with Crippen LogP contribution in [0.4, 0.5) is 5.69 Å². The van der Waals surface area contributed by atoms with E-state index in [1.807, 2.05) is 5.51 Å². The van der Waals surface area contributed by atoms with Gasteiger partial charge in [-0.05, 0) is 25.0 Å². The summed E-state index contributed by atoms with van der Waals surface area (Å²) in [6, 6.07) is 9.67. The average Bonchev–Trinajstić information content (AvgIpc) is 3.28. The Morgan fingerprint density at radius 1 is 1.04 bits per heavy atom. The van der Waals surface area contributed by atoms with Crippen molar-refractivity contribution in [3.63, 3.8) is 0 Å². The van der Waals surface area contributed by atoms with Crippen molar-refractivity contribution < 1.29 is 4.74 Å². The predicted octanol–water partition coefficient (Wildman–Crippen LogP) is 3.04. The Labute approximate surface area is 166 Å². The van der Waals surface area contributed by atoms with Gasteiger partial charge in [-0.1, -0.05) is 12.1 Å². The zero-order valence-electron chi connectivity index (χ0n) is 16.2. The summed E-state index contributed by atoms with van der Waals surface area (Å²) in [5.74, 6) is 0. The van der Waals surface area contributed by atoms with Crippen LogP contribution in [-0.4, -0.2) is 80.4 Å². The van der Waals surface area contributed by atoms with Crippen LogP contribution in [0, 0.1) is 0 Å². The van der Waals surface area contributed by atoms with Gasteiger partial charge in [0, 0.05) is 75.6 Å². The highest BCUT2D eigenvalue weighted by Crippen LogP contribution is 2.26. The first kappa shape index (κ1) is 18.9. The van der Waals surface area contributed by atoms with Crippen LogP contribution < -0.4 is 4.90 Å². The number of hydrogen-bond donors (Lipinski definition) is 0. The molecule has 1 aromatic heterocycles. The smallest absolute Gasteiger partial charge is 0.0811 e. The van der Waals surface area contributed by atoms with Gasteiger partial charge in [-0.3, -0.25) is 9.80 Å². The SMILES string of the molecule is COCCN1CCN(C2CCN(c3ccc(-c4cscn4)cc3)CC2)CC1. The molecule has 2 aromatic rings. The number of anilines is 1. The highest BCUT2D eigenvalue weighted by Gasteiger charge is 2.27. The van der Waals surface area contributed by atoms with E-state index in [9.17, 15) is 0 Å². The molecule has 2 aliphatic heterocycles. The zero-order valence-corrected chi connectivity index (χ0v) is 17.0. The van der Waals surface area contributed by atoms with Crippen molar-refractivity contribution in [2.45, 2.75) is 18.9 Å². The van der Waals surface area contributed by atoms with Gasteiger partial charge in [-0.15, -0.1) is 11.3 Å². The van der Waals surface area contributed by atoms with Crippen LogP contribution in [0.15, 0.2) is 35.2 Å². The van der Waals surface area contributed by atoms with Crippen molar-refractivity contribution >= 4 is 17.0 Å². The highest BCUT2D eigenvalue weighted by atomic mass is 32.1. The number of piperazine rings is 1. The Morgan fingerprint density at radius 2 is 1.78 bits per heavy atom. The average molecular weight is 387 g/mol. The topological polar surface area (TPSA) is 31.8 Å². The fourth-order valence-electron chi connectivity index (χ4n) is 4.26. The predicted molar refractivity (Wildman–Crippen MR) is 113 cm³/mol. The molecule has 0 aliphatic carbocycles. The molecule has 2 fully saturated rings. The van der Waals surface area contributed by atoms with E-state index in [1.54, 1.807) is 18.4 Å². The van der Waals surface area contributed by atoms with Crippen LogP contribution in [0.3, 0.4) is 0 Å². The second-order valence-electron chi connectivity index (χ2n) is 7.51. The molecule has 0 unspecified atom stereocenters. The Kier molecular flexibility index (Phi) is 6.39. The molecule has 4 rings (SSSR count). The van der Waals surface area contributed by atoms with E-state index in [-0.39, 0.29) is 0 Å². The third-order valence-electron chi connectivity index (χ3n) is 5.96. The summed E-state index contributed by atoms with van der Waals surface area (Å²) >= 11 is 1.65. The molecule has 0 amide bonds. The van der Waals surface area contributed by atoms with E-state index in [0.717, 1.165) is 38.0 Å². The van der Waals surface area contributed by atoms with Crippen LogP contribution in [0.25, 0.3) is 11.3 Å². The lowest BCUT2D eigenvalue weighted by atomic mass is 10.0. The fourth-order valence-corrected chi connectivity index (χ4v) is 4.82. The molecule has 0 saturated carbocycles. The summed E-state index contributed by atoms with van der Waals surface area (Å²) < 4.78 is 5.21. The first-order chi connectivity index (χ1) is 13.3. The molecule has 2 saturated heterocycles. The minimum absolute atomic E-state index is 0.750. The fraction of sp³-hybridized carbons (Fsp3) is 0.571. The maximum absolute atomic E-state index is 5.21. The summed E-state index contributed by atoms with van der Waals surface area (Å²) in [7, 11) is 1.79. The minimum atomic E-state index is 0.750. The number of aromatic nitrogens is 1. The van der Waals surface area contributed by atoms with Crippen LogP contribution in [0.1, 0.15) is 12.8 Å². The summed E-state index contributed by atoms with van der Waals surface area (Å²) in [6.45, 7) is 9.01. The van der Waals surface area contributed by atoms with Gasteiger partial charge < -0.3 is 9.64 Å². The number of ether oxygens (including phenoxy) is 1. The summed E-state index contributed by atoms with van der Waals surface area (Å²) in [6.07, 6.45) is 2.54. The first-order valence-electron chi connectivity index (χ1n) is 10.0. The van der Waals surface area contributed by atoms with Crippen LogP contribution >= 0.6 is 11.3 Å². The molecule has 6 heteroatoms. The third kappa shape index (κ3) is 4.69. The van der Waals surface area contributed by atoms with Gasteiger partial charge in [0.1, 0.15) is 0 Å². The van der Waals surface area contributed by atoms with E-state index in [1.165, 1.54) is 50.3 Å². The number of hydrogen-bond acceptors (Lipinski definition) is 6. The molecule has 146 valence electrons. The maximum Gasteiger partial charge on any atom is 0.0811 e. The lowest BCUT2D eigenvalue weighted by molar-refractivity contribution is 0.0672. The zero-order chi connectivity index (χ0) is 18.5. The molecule has 3 heterocycles. The van der Waals surface area contributed by atoms with Crippen molar-refractivity contribution in [1.82, 2.24) is 14.8 Å². The normalized spacial score (nSPS) is 20.3. The quantitative estimate of drug-likeness (QED) is 0.762. The molecule has 0 spiro atoms. The molecule has 1 aromatic carbocycles. The summed E-state index contributed by atoms with van der Waals surface area (Å²) in [5.41, 5.74) is 5.53. The number of rotatable bonds is 6. The molecule has 0 radical (unpaired) electrons. The monoisotopic (exact) mass is 386 g/mol. The van der Waals surface area contributed by atoms with Crippen molar-refractivity contribution in [2.75, 3.05) is 64.4 Å². The van der Waals surface area contributed by atoms with Crippen molar-refractivity contribution in [2.24, 2.45) is 0 Å². The molecular formula is C21H30N4OS. The van der Waals surface area contributed by atoms with Crippen molar-refractivity contribution in [3.8, 4) is 11.3 Å². The van der Waals surface area contributed by atoms with Crippen molar-refractivity contribution in [1.29, 1.82) is 0 Å². The van der Waals surface area contributed by atoms with Gasteiger partial charge >= 0.3 is 0 Å². The van der Waals surface area contributed by atoms with Gasteiger partial charge in [0.05, 0.1) is 17.8 Å². The second-order valence-corrected chi connectivity index (χ2v) is 8.23. The molecule has 0 N–H and O–H groups in total. The largest absolute Gasteiger partial charge is 0.383 e. The van der Waals surface area contributed by atoms with Gasteiger partial charge in [-0.25, -0.2) is 4.98 Å². The Morgan fingerprint density at radius 3 is 2.41 bits per heavy atom. The Hall–Kier alpha value is -1.47. The van der Waals surface area contributed by atoms with Gasteiger partial charge in [0.15, 0.2) is 0 Å². The number of piperidine rings is 1. The number of thiazole rings is 1. The number of methoxy groups -OCH3 is 1.